The highest BCUT2D eigenvalue weighted by molar-refractivity contribution is 5.92. The monoisotopic (exact) mass is 300 g/mol. The molecular formula is C17H20N2O3. The Labute approximate surface area is 129 Å². The first-order valence-electron chi connectivity index (χ1n) is 7.43. The van der Waals surface area contributed by atoms with Crippen LogP contribution < -0.4 is 5.73 Å². The summed E-state index contributed by atoms with van der Waals surface area (Å²) >= 11 is 0. The van der Waals surface area contributed by atoms with E-state index in [1.807, 2.05) is 38.1 Å². The number of carbonyl (C=O) groups excluding carboxylic acids is 1. The van der Waals surface area contributed by atoms with Crippen LogP contribution in [0.5, 0.6) is 0 Å². The van der Waals surface area contributed by atoms with Crippen molar-refractivity contribution in [1.29, 1.82) is 0 Å². The van der Waals surface area contributed by atoms with Gasteiger partial charge in [0.05, 0.1) is 12.2 Å². The summed E-state index contributed by atoms with van der Waals surface area (Å²) in [6, 6.07) is 10.9. The van der Waals surface area contributed by atoms with Gasteiger partial charge in [-0.2, -0.15) is 0 Å². The van der Waals surface area contributed by atoms with Gasteiger partial charge in [-0.15, -0.1) is 0 Å². The topological polar surface area (TPSA) is 68.7 Å². The maximum Gasteiger partial charge on any atom is 0.289 e. The van der Waals surface area contributed by atoms with Gasteiger partial charge in [0.15, 0.2) is 5.76 Å². The van der Waals surface area contributed by atoms with Crippen molar-refractivity contribution in [3.05, 3.63) is 42.2 Å². The van der Waals surface area contributed by atoms with E-state index < -0.39 is 0 Å². The Balaban J connectivity index is 1.80. The lowest BCUT2D eigenvalue weighted by Gasteiger charge is -2.34. The zero-order valence-electron chi connectivity index (χ0n) is 12.8. The van der Waals surface area contributed by atoms with E-state index in [4.69, 9.17) is 14.9 Å². The average Bonchev–Trinajstić information content (AvgIpc) is 2.95. The van der Waals surface area contributed by atoms with E-state index >= 15 is 0 Å². The van der Waals surface area contributed by atoms with Crippen LogP contribution in [0.1, 0.15) is 24.4 Å². The molecule has 5 nitrogen and oxygen atoms in total. The molecule has 1 aliphatic rings. The van der Waals surface area contributed by atoms with Crippen LogP contribution >= 0.6 is 0 Å². The van der Waals surface area contributed by atoms with Crippen molar-refractivity contribution in [2.24, 2.45) is 0 Å². The lowest BCUT2D eigenvalue weighted by atomic mass is 10.1. The van der Waals surface area contributed by atoms with E-state index in [-0.39, 0.29) is 18.1 Å². The molecule has 1 aromatic heterocycles. The summed E-state index contributed by atoms with van der Waals surface area (Å²) in [6.07, 6.45) is 0.0760. The Bertz CT molecular complexity index is 670. The number of rotatable bonds is 2. The van der Waals surface area contributed by atoms with E-state index in [2.05, 4.69) is 0 Å². The standard InChI is InChI=1S/C17H20N2O3/c1-11-9-19(10-12(2)21-11)17(20)16-7-6-15(22-16)13-4-3-5-14(18)8-13/h3-8,11-12H,9-10,18H2,1-2H3/t11-,12+. The predicted octanol–water partition coefficient (Wildman–Crippen LogP) is 2.78. The van der Waals surface area contributed by atoms with Crippen LogP contribution in [0.3, 0.4) is 0 Å². The largest absolute Gasteiger partial charge is 0.451 e. The summed E-state index contributed by atoms with van der Waals surface area (Å²) in [7, 11) is 0. The molecule has 0 aliphatic carbocycles. The zero-order chi connectivity index (χ0) is 15.7. The molecule has 2 atom stereocenters. The van der Waals surface area contributed by atoms with Crippen LogP contribution in [0.15, 0.2) is 40.8 Å². The number of ether oxygens (including phenoxy) is 1. The maximum atomic E-state index is 12.6. The van der Waals surface area contributed by atoms with Crippen molar-refractivity contribution in [2.75, 3.05) is 18.8 Å². The fourth-order valence-electron chi connectivity index (χ4n) is 2.80. The number of nitrogen functional groups attached to an aromatic ring is 1. The summed E-state index contributed by atoms with van der Waals surface area (Å²) in [6.45, 7) is 5.10. The van der Waals surface area contributed by atoms with Gasteiger partial charge in [-0.25, -0.2) is 0 Å². The molecule has 1 saturated heterocycles. The summed E-state index contributed by atoms with van der Waals surface area (Å²) in [5.41, 5.74) is 7.31. The van der Waals surface area contributed by atoms with Gasteiger partial charge >= 0.3 is 0 Å². The molecule has 1 amide bonds. The Hall–Kier alpha value is -2.27. The lowest BCUT2D eigenvalue weighted by molar-refractivity contribution is -0.0592. The second-order valence-corrected chi connectivity index (χ2v) is 5.76. The van der Waals surface area contributed by atoms with E-state index in [0.717, 1.165) is 5.56 Å². The Morgan fingerprint density at radius 1 is 1.18 bits per heavy atom. The number of morpholine rings is 1. The Morgan fingerprint density at radius 3 is 2.59 bits per heavy atom. The molecular weight excluding hydrogens is 280 g/mol. The predicted molar refractivity (Wildman–Crippen MR) is 84.5 cm³/mol. The first-order chi connectivity index (χ1) is 10.5. The summed E-state index contributed by atoms with van der Waals surface area (Å²) in [5, 5.41) is 0. The van der Waals surface area contributed by atoms with Crippen LogP contribution in [0.25, 0.3) is 11.3 Å². The highest BCUT2D eigenvalue weighted by Gasteiger charge is 2.28. The fourth-order valence-corrected chi connectivity index (χ4v) is 2.80. The van der Waals surface area contributed by atoms with Crippen LogP contribution in [0, 0.1) is 0 Å². The molecule has 0 saturated carbocycles. The van der Waals surface area contributed by atoms with Crippen molar-refractivity contribution < 1.29 is 13.9 Å². The third kappa shape index (κ3) is 2.99. The van der Waals surface area contributed by atoms with Gasteiger partial charge in [-0.3, -0.25) is 4.79 Å². The van der Waals surface area contributed by atoms with Gasteiger partial charge in [0, 0.05) is 24.3 Å². The smallest absolute Gasteiger partial charge is 0.289 e. The summed E-state index contributed by atoms with van der Waals surface area (Å²) in [4.78, 5) is 14.3. The van der Waals surface area contributed by atoms with Crippen LogP contribution in [0.4, 0.5) is 5.69 Å². The van der Waals surface area contributed by atoms with Gasteiger partial charge in [-0.1, -0.05) is 12.1 Å². The van der Waals surface area contributed by atoms with Crippen LogP contribution in [0.2, 0.25) is 0 Å². The van der Waals surface area contributed by atoms with Gasteiger partial charge in [0.1, 0.15) is 5.76 Å². The number of amides is 1. The maximum absolute atomic E-state index is 12.6. The molecule has 1 aromatic carbocycles. The number of hydrogen-bond acceptors (Lipinski definition) is 4. The van der Waals surface area contributed by atoms with Gasteiger partial charge < -0.3 is 19.8 Å². The molecule has 2 heterocycles. The minimum absolute atomic E-state index is 0.0380. The van der Waals surface area contributed by atoms with Crippen molar-refractivity contribution in [3.8, 4) is 11.3 Å². The summed E-state index contributed by atoms with van der Waals surface area (Å²) < 4.78 is 11.4. The highest BCUT2D eigenvalue weighted by atomic mass is 16.5. The van der Waals surface area contributed by atoms with Crippen molar-refractivity contribution in [2.45, 2.75) is 26.1 Å². The Kier molecular flexibility index (Phi) is 3.90. The SMILES string of the molecule is C[C@@H]1CN(C(=O)c2ccc(-c3cccc(N)c3)o2)C[C@H](C)O1. The normalized spacial score (nSPS) is 21.8. The third-order valence-corrected chi connectivity index (χ3v) is 3.69. The number of anilines is 1. The molecule has 1 aliphatic heterocycles. The van der Waals surface area contributed by atoms with Crippen molar-refractivity contribution in [1.82, 2.24) is 4.90 Å². The van der Waals surface area contributed by atoms with E-state index in [0.29, 0.717) is 30.3 Å². The number of nitrogens with zero attached hydrogens (tertiary/aromatic N) is 1. The van der Waals surface area contributed by atoms with Gasteiger partial charge in [0.2, 0.25) is 0 Å². The van der Waals surface area contributed by atoms with Crippen molar-refractivity contribution in [3.63, 3.8) is 0 Å². The minimum Gasteiger partial charge on any atom is -0.451 e. The number of benzene rings is 1. The Morgan fingerprint density at radius 2 is 1.91 bits per heavy atom. The fraction of sp³-hybridized carbons (Fsp3) is 0.353. The lowest BCUT2D eigenvalue weighted by Crippen LogP contribution is -2.48. The molecule has 2 aromatic rings. The van der Waals surface area contributed by atoms with Crippen LogP contribution in [-0.4, -0.2) is 36.1 Å². The quantitative estimate of drug-likeness (QED) is 0.866. The van der Waals surface area contributed by atoms with Gasteiger partial charge in [-0.05, 0) is 38.1 Å². The second kappa shape index (κ2) is 5.85. The van der Waals surface area contributed by atoms with Crippen molar-refractivity contribution >= 4 is 11.6 Å². The van der Waals surface area contributed by atoms with Crippen LogP contribution in [-0.2, 0) is 4.74 Å². The highest BCUT2D eigenvalue weighted by Crippen LogP contribution is 2.25. The molecule has 5 heteroatoms. The second-order valence-electron chi connectivity index (χ2n) is 5.76. The molecule has 0 spiro atoms. The first-order valence-corrected chi connectivity index (χ1v) is 7.43. The molecule has 3 rings (SSSR count). The first kappa shape index (κ1) is 14.7. The van der Waals surface area contributed by atoms with E-state index in [1.165, 1.54) is 0 Å². The number of nitrogens with two attached hydrogens (primary N) is 1. The molecule has 0 radical (unpaired) electrons. The molecule has 116 valence electrons. The van der Waals surface area contributed by atoms with E-state index in [9.17, 15) is 4.79 Å². The third-order valence-electron chi connectivity index (χ3n) is 3.69. The number of carbonyl (C=O) groups is 1. The zero-order valence-corrected chi connectivity index (χ0v) is 12.8. The average molecular weight is 300 g/mol. The molecule has 0 bridgehead atoms. The molecule has 1 fully saturated rings. The van der Waals surface area contributed by atoms with Gasteiger partial charge in [0.25, 0.3) is 5.91 Å². The number of hydrogen-bond donors (Lipinski definition) is 1. The molecule has 2 N–H and O–H groups in total. The molecule has 22 heavy (non-hydrogen) atoms. The molecule has 0 unspecified atom stereocenters. The minimum atomic E-state index is -0.0999. The van der Waals surface area contributed by atoms with E-state index in [1.54, 1.807) is 17.0 Å². The summed E-state index contributed by atoms with van der Waals surface area (Å²) in [5.74, 6) is 0.890. The number of furan rings is 1.